The maximum absolute atomic E-state index is 3.49. The standard InChI is InChI=1S/C15H22N2/c1-3-5-11-16-13-17(12-6-4-2)15-10-8-7-9-14(15)16/h7-10H,3-6,11-12H2,1-2H3. The summed E-state index contributed by atoms with van der Waals surface area (Å²) >= 11 is 0. The third-order valence-corrected chi connectivity index (χ3v) is 3.18. The molecule has 92 valence electrons. The zero-order valence-corrected chi connectivity index (χ0v) is 10.9. The number of benzene rings is 1. The first-order chi connectivity index (χ1) is 8.36. The van der Waals surface area contributed by atoms with Crippen molar-refractivity contribution >= 4 is 11.0 Å². The molecule has 0 radical (unpaired) electrons. The molecule has 0 saturated heterocycles. The highest BCUT2D eigenvalue weighted by Gasteiger charge is 2.04. The van der Waals surface area contributed by atoms with Crippen molar-refractivity contribution in [3.05, 3.63) is 30.6 Å². The molecule has 0 atom stereocenters. The third kappa shape index (κ3) is 2.68. The number of unbranched alkanes of at least 4 members (excludes halogenated alkanes) is 2. The molecule has 1 heterocycles. The van der Waals surface area contributed by atoms with Gasteiger partial charge in [-0.05, 0) is 12.8 Å². The summed E-state index contributed by atoms with van der Waals surface area (Å²) in [6.45, 7) is 6.62. The van der Waals surface area contributed by atoms with Crippen molar-refractivity contribution in [2.75, 3.05) is 0 Å². The Kier molecular flexibility index (Phi) is 4.18. The highest BCUT2D eigenvalue weighted by atomic mass is 15.1. The van der Waals surface area contributed by atoms with Crippen LogP contribution in [-0.4, -0.2) is 4.57 Å². The van der Waals surface area contributed by atoms with Gasteiger partial charge in [0.25, 0.3) is 0 Å². The maximum atomic E-state index is 3.49. The van der Waals surface area contributed by atoms with Crippen molar-refractivity contribution in [2.45, 2.75) is 52.6 Å². The molecule has 2 heteroatoms. The van der Waals surface area contributed by atoms with Gasteiger partial charge < -0.3 is 9.13 Å². The number of imidazole rings is 1. The Hall–Kier alpha value is -1.31. The third-order valence-electron chi connectivity index (χ3n) is 3.18. The highest BCUT2D eigenvalue weighted by Crippen LogP contribution is 2.11. The van der Waals surface area contributed by atoms with Crippen LogP contribution in [0.1, 0.15) is 39.5 Å². The molecule has 1 aromatic heterocycles. The van der Waals surface area contributed by atoms with Crippen LogP contribution in [0.15, 0.2) is 24.3 Å². The molecule has 1 aromatic carbocycles. The van der Waals surface area contributed by atoms with Crippen LogP contribution in [0, 0.1) is 6.33 Å². The molecule has 0 aliphatic carbocycles. The molecule has 0 bridgehead atoms. The average Bonchev–Trinajstić information content (AvgIpc) is 2.72. The summed E-state index contributed by atoms with van der Waals surface area (Å²) in [6, 6.07) is 8.62. The van der Waals surface area contributed by atoms with E-state index in [0.717, 1.165) is 13.1 Å². The van der Waals surface area contributed by atoms with Crippen LogP contribution in [0.3, 0.4) is 0 Å². The fourth-order valence-corrected chi connectivity index (χ4v) is 2.15. The molecule has 2 aromatic rings. The smallest absolute Gasteiger partial charge is 0.204 e. The summed E-state index contributed by atoms with van der Waals surface area (Å²) in [5, 5.41) is 0. The maximum Gasteiger partial charge on any atom is 0.204 e. The Labute approximate surface area is 104 Å². The summed E-state index contributed by atoms with van der Waals surface area (Å²) in [4.78, 5) is 0. The fraction of sp³-hybridized carbons (Fsp3) is 0.533. The Morgan fingerprint density at radius 2 is 1.88 bits per heavy atom. The van der Waals surface area contributed by atoms with Crippen molar-refractivity contribution in [3.8, 4) is 0 Å². The van der Waals surface area contributed by atoms with E-state index in [4.69, 9.17) is 0 Å². The largest absolute Gasteiger partial charge is 0.344 e. The van der Waals surface area contributed by atoms with Gasteiger partial charge in [0.15, 0.2) is 0 Å². The molecule has 2 nitrogen and oxygen atoms in total. The second kappa shape index (κ2) is 5.85. The van der Waals surface area contributed by atoms with E-state index in [0.29, 0.717) is 0 Å². The number of fused-ring (bicyclic) bond motifs is 1. The molecule has 0 N–H and O–H groups in total. The lowest BCUT2D eigenvalue weighted by Gasteiger charge is -2.02. The Morgan fingerprint density at radius 1 is 1.12 bits per heavy atom. The predicted molar refractivity (Wildman–Crippen MR) is 70.8 cm³/mol. The van der Waals surface area contributed by atoms with Crippen LogP contribution in [0.4, 0.5) is 0 Å². The molecule has 0 spiro atoms. The van der Waals surface area contributed by atoms with Crippen molar-refractivity contribution in [2.24, 2.45) is 0 Å². The van der Waals surface area contributed by atoms with E-state index >= 15 is 0 Å². The van der Waals surface area contributed by atoms with E-state index in [1.807, 2.05) is 0 Å². The number of aryl methyl sites for hydroxylation is 2. The van der Waals surface area contributed by atoms with Crippen LogP contribution in [-0.2, 0) is 13.1 Å². The van der Waals surface area contributed by atoms with E-state index in [1.54, 1.807) is 0 Å². The lowest BCUT2D eigenvalue weighted by molar-refractivity contribution is -0.676. The molecule has 2 rings (SSSR count). The molecular weight excluding hydrogens is 208 g/mol. The van der Waals surface area contributed by atoms with E-state index < -0.39 is 0 Å². The van der Waals surface area contributed by atoms with Crippen LogP contribution in [0.25, 0.3) is 11.0 Å². The predicted octanol–water partition coefficient (Wildman–Crippen LogP) is 3.33. The SMILES string of the molecule is CCCCn1[c-][n+](CCCC)c2ccccc21. The number of hydrogen-bond acceptors (Lipinski definition) is 0. The molecular formula is C15H22N2. The van der Waals surface area contributed by atoms with Gasteiger partial charge in [-0.25, -0.2) is 0 Å². The minimum Gasteiger partial charge on any atom is -0.344 e. The van der Waals surface area contributed by atoms with Crippen LogP contribution in [0.5, 0.6) is 0 Å². The number of rotatable bonds is 6. The number of aromatic nitrogens is 2. The number of nitrogens with zero attached hydrogens (tertiary/aromatic N) is 2. The van der Waals surface area contributed by atoms with Crippen LogP contribution >= 0.6 is 0 Å². The van der Waals surface area contributed by atoms with Crippen molar-refractivity contribution < 1.29 is 4.57 Å². The Bertz CT molecular complexity index is 429. The second-order valence-corrected chi connectivity index (χ2v) is 4.60. The molecule has 0 fully saturated rings. The Balaban J connectivity index is 2.32. The zero-order valence-electron chi connectivity index (χ0n) is 10.9. The van der Waals surface area contributed by atoms with Gasteiger partial charge in [-0.1, -0.05) is 51.0 Å². The molecule has 0 saturated carbocycles. The van der Waals surface area contributed by atoms with E-state index in [2.05, 4.69) is 53.6 Å². The fourth-order valence-electron chi connectivity index (χ4n) is 2.15. The van der Waals surface area contributed by atoms with Gasteiger partial charge in [-0.3, -0.25) is 0 Å². The van der Waals surface area contributed by atoms with Gasteiger partial charge in [0.2, 0.25) is 6.33 Å². The lowest BCUT2D eigenvalue weighted by atomic mass is 10.3. The monoisotopic (exact) mass is 230 g/mol. The summed E-state index contributed by atoms with van der Waals surface area (Å²) < 4.78 is 4.54. The van der Waals surface area contributed by atoms with Gasteiger partial charge in [0.05, 0.1) is 13.1 Å². The quantitative estimate of drug-likeness (QED) is 0.531. The average molecular weight is 230 g/mol. The summed E-state index contributed by atoms with van der Waals surface area (Å²) in [6.07, 6.45) is 8.41. The molecule has 0 unspecified atom stereocenters. The molecule has 0 aliphatic rings. The van der Waals surface area contributed by atoms with Crippen LogP contribution < -0.4 is 4.57 Å². The van der Waals surface area contributed by atoms with Crippen molar-refractivity contribution in [3.63, 3.8) is 0 Å². The summed E-state index contributed by atoms with van der Waals surface area (Å²) in [5.74, 6) is 0. The number of hydrogen-bond donors (Lipinski definition) is 0. The first-order valence-electron chi connectivity index (χ1n) is 6.77. The van der Waals surface area contributed by atoms with E-state index in [9.17, 15) is 0 Å². The van der Waals surface area contributed by atoms with Gasteiger partial charge in [-0.2, -0.15) is 0 Å². The zero-order chi connectivity index (χ0) is 12.1. The van der Waals surface area contributed by atoms with Gasteiger partial charge in [0, 0.05) is 11.0 Å². The minimum absolute atomic E-state index is 1.08. The van der Waals surface area contributed by atoms with E-state index in [-0.39, 0.29) is 0 Å². The van der Waals surface area contributed by atoms with Gasteiger partial charge >= 0.3 is 0 Å². The first kappa shape index (κ1) is 12.2. The topological polar surface area (TPSA) is 8.81 Å². The summed E-state index contributed by atoms with van der Waals surface area (Å²) in [5.41, 5.74) is 2.63. The minimum atomic E-state index is 1.08. The highest BCUT2D eigenvalue weighted by molar-refractivity contribution is 5.71. The van der Waals surface area contributed by atoms with Crippen molar-refractivity contribution in [1.29, 1.82) is 0 Å². The second-order valence-electron chi connectivity index (χ2n) is 4.60. The first-order valence-corrected chi connectivity index (χ1v) is 6.77. The number of para-hydroxylation sites is 2. The Morgan fingerprint density at radius 3 is 2.65 bits per heavy atom. The summed E-state index contributed by atoms with van der Waals surface area (Å²) in [7, 11) is 0. The lowest BCUT2D eigenvalue weighted by Crippen LogP contribution is -2.32. The molecule has 0 aliphatic heterocycles. The van der Waals surface area contributed by atoms with Gasteiger partial charge in [0.1, 0.15) is 0 Å². The van der Waals surface area contributed by atoms with Gasteiger partial charge in [-0.15, -0.1) is 0 Å². The molecule has 0 amide bonds. The van der Waals surface area contributed by atoms with Crippen molar-refractivity contribution in [1.82, 2.24) is 4.57 Å². The normalized spacial score (nSPS) is 11.2. The van der Waals surface area contributed by atoms with Crippen LogP contribution in [0.2, 0.25) is 0 Å². The molecule has 17 heavy (non-hydrogen) atoms. The van der Waals surface area contributed by atoms with E-state index in [1.165, 1.54) is 36.7 Å².